The van der Waals surface area contributed by atoms with E-state index in [0.717, 1.165) is 22.2 Å². The number of fused-ring (bicyclic) bond motifs is 1. The number of halogens is 3. The van der Waals surface area contributed by atoms with E-state index >= 15 is 0 Å². The predicted octanol–water partition coefficient (Wildman–Crippen LogP) is 4.77. The molecule has 0 aliphatic rings. The van der Waals surface area contributed by atoms with Gasteiger partial charge in [0.05, 0.1) is 17.4 Å². The highest BCUT2D eigenvalue weighted by Gasteiger charge is 2.30. The van der Waals surface area contributed by atoms with Crippen molar-refractivity contribution in [3.05, 3.63) is 53.2 Å². The highest BCUT2D eigenvalue weighted by molar-refractivity contribution is 7.20. The fraction of sp³-hybridized carbons (Fsp3) is 0.125. The minimum absolute atomic E-state index is 0.420. The Bertz CT molecular complexity index is 869. The van der Waals surface area contributed by atoms with E-state index in [0.29, 0.717) is 16.0 Å². The van der Waals surface area contributed by atoms with Crippen LogP contribution >= 0.6 is 11.3 Å². The summed E-state index contributed by atoms with van der Waals surface area (Å²) in [6.07, 6.45) is -1.19. The molecule has 3 nitrogen and oxygen atoms in total. The highest BCUT2D eigenvalue weighted by atomic mass is 32.1. The lowest BCUT2D eigenvalue weighted by molar-refractivity contribution is -0.137. The molecule has 0 aliphatic carbocycles. The summed E-state index contributed by atoms with van der Waals surface area (Å²) in [7, 11) is 1.29. The van der Waals surface area contributed by atoms with Crippen molar-refractivity contribution in [1.29, 1.82) is 0 Å². The number of hydrogen-bond acceptors (Lipinski definition) is 4. The van der Waals surface area contributed by atoms with Crippen LogP contribution in [0.1, 0.15) is 15.2 Å². The maximum absolute atomic E-state index is 12.6. The van der Waals surface area contributed by atoms with E-state index in [1.165, 1.54) is 30.6 Å². The molecule has 118 valence electrons. The van der Waals surface area contributed by atoms with Gasteiger partial charge < -0.3 is 4.74 Å². The number of esters is 1. The lowest BCUT2D eigenvalue weighted by atomic mass is 10.0. The molecule has 0 N–H and O–H groups in total. The Kier molecular flexibility index (Phi) is 3.81. The van der Waals surface area contributed by atoms with E-state index < -0.39 is 17.7 Å². The summed E-state index contributed by atoms with van der Waals surface area (Å²) in [6.45, 7) is 0. The molecule has 0 saturated heterocycles. The monoisotopic (exact) mass is 337 g/mol. The third-order valence-corrected chi connectivity index (χ3v) is 4.41. The Hall–Kier alpha value is -2.41. The molecular weight excluding hydrogens is 327 g/mol. The zero-order valence-electron chi connectivity index (χ0n) is 11.8. The Balaban J connectivity index is 2.09. The zero-order valence-corrected chi connectivity index (χ0v) is 12.7. The number of carbonyl (C=O) groups is 1. The van der Waals surface area contributed by atoms with Gasteiger partial charge in [-0.2, -0.15) is 13.2 Å². The fourth-order valence-electron chi connectivity index (χ4n) is 2.23. The lowest BCUT2D eigenvalue weighted by Crippen LogP contribution is -2.04. The van der Waals surface area contributed by atoms with Crippen LogP contribution in [-0.4, -0.2) is 18.1 Å². The second-order valence-corrected chi connectivity index (χ2v) is 5.86. The molecule has 1 aromatic carbocycles. The number of ether oxygens (including phenoxy) is 1. The van der Waals surface area contributed by atoms with Crippen LogP contribution in [0.4, 0.5) is 13.2 Å². The molecule has 0 fully saturated rings. The standard InChI is InChI=1S/C16H10F3NO2S/c1-22-15(21)13-6-11-12(7-20-8-14(11)23-13)9-2-4-10(5-3-9)16(17,18)19/h2-8H,1H3. The van der Waals surface area contributed by atoms with Crippen LogP contribution in [0.3, 0.4) is 0 Å². The molecule has 0 saturated carbocycles. The summed E-state index contributed by atoms with van der Waals surface area (Å²) in [6, 6.07) is 6.52. The van der Waals surface area contributed by atoms with Crippen molar-refractivity contribution in [1.82, 2.24) is 4.98 Å². The van der Waals surface area contributed by atoms with Gasteiger partial charge in [0.2, 0.25) is 0 Å². The van der Waals surface area contributed by atoms with Gasteiger partial charge in [-0.05, 0) is 23.8 Å². The van der Waals surface area contributed by atoms with Crippen LogP contribution in [-0.2, 0) is 10.9 Å². The number of alkyl halides is 3. The third-order valence-electron chi connectivity index (χ3n) is 3.36. The number of rotatable bonds is 2. The first-order chi connectivity index (χ1) is 10.9. The molecular formula is C16H10F3NO2S. The first kappa shape index (κ1) is 15.5. The summed E-state index contributed by atoms with van der Waals surface area (Å²) in [4.78, 5) is 16.1. The molecule has 0 bridgehead atoms. The second kappa shape index (κ2) is 5.66. The number of pyridine rings is 1. The van der Waals surface area contributed by atoms with Crippen molar-refractivity contribution in [2.75, 3.05) is 7.11 Å². The van der Waals surface area contributed by atoms with Crippen molar-refractivity contribution in [2.24, 2.45) is 0 Å². The average molecular weight is 337 g/mol. The van der Waals surface area contributed by atoms with Crippen molar-refractivity contribution in [3.63, 3.8) is 0 Å². The quantitative estimate of drug-likeness (QED) is 0.632. The van der Waals surface area contributed by atoms with Crippen molar-refractivity contribution >= 4 is 27.4 Å². The zero-order chi connectivity index (χ0) is 16.6. The molecule has 0 unspecified atom stereocenters. The molecule has 0 atom stereocenters. The van der Waals surface area contributed by atoms with Crippen LogP contribution in [0, 0.1) is 0 Å². The van der Waals surface area contributed by atoms with Crippen LogP contribution in [0.2, 0.25) is 0 Å². The van der Waals surface area contributed by atoms with E-state index in [2.05, 4.69) is 4.98 Å². The molecule has 0 aliphatic heterocycles. The molecule has 0 radical (unpaired) electrons. The van der Waals surface area contributed by atoms with Crippen LogP contribution < -0.4 is 0 Å². The van der Waals surface area contributed by atoms with Gasteiger partial charge in [-0.3, -0.25) is 4.98 Å². The van der Waals surface area contributed by atoms with Gasteiger partial charge in [-0.1, -0.05) is 12.1 Å². The van der Waals surface area contributed by atoms with Crippen LogP contribution in [0.5, 0.6) is 0 Å². The van der Waals surface area contributed by atoms with Crippen LogP contribution in [0.15, 0.2) is 42.7 Å². The summed E-state index contributed by atoms with van der Waals surface area (Å²) in [5.74, 6) is -0.454. The smallest absolute Gasteiger partial charge is 0.416 e. The van der Waals surface area contributed by atoms with Crippen molar-refractivity contribution < 1.29 is 22.7 Å². The van der Waals surface area contributed by atoms with Crippen molar-refractivity contribution in [2.45, 2.75) is 6.18 Å². The number of nitrogens with zero attached hydrogens (tertiary/aromatic N) is 1. The van der Waals surface area contributed by atoms with E-state index in [9.17, 15) is 18.0 Å². The van der Waals surface area contributed by atoms with Gasteiger partial charge in [0.1, 0.15) is 4.88 Å². The Morgan fingerprint density at radius 1 is 1.17 bits per heavy atom. The number of thiophene rings is 1. The molecule has 0 spiro atoms. The number of carbonyl (C=O) groups excluding carboxylic acids is 1. The number of aromatic nitrogens is 1. The first-order valence-electron chi connectivity index (χ1n) is 6.53. The molecule has 3 rings (SSSR count). The van der Waals surface area contributed by atoms with E-state index in [1.54, 1.807) is 18.5 Å². The molecule has 7 heteroatoms. The van der Waals surface area contributed by atoms with Gasteiger partial charge in [-0.25, -0.2) is 4.79 Å². The summed E-state index contributed by atoms with van der Waals surface area (Å²) >= 11 is 1.23. The topological polar surface area (TPSA) is 39.2 Å². The minimum atomic E-state index is -4.37. The summed E-state index contributed by atoms with van der Waals surface area (Å²) < 4.78 is 43.4. The Labute approximate surface area is 133 Å². The molecule has 23 heavy (non-hydrogen) atoms. The number of methoxy groups -OCH3 is 1. The SMILES string of the molecule is COC(=O)c1cc2c(-c3ccc(C(F)(F)F)cc3)cncc2s1. The maximum atomic E-state index is 12.6. The lowest BCUT2D eigenvalue weighted by Gasteiger charge is -2.08. The van der Waals surface area contributed by atoms with Crippen LogP contribution in [0.25, 0.3) is 21.2 Å². The van der Waals surface area contributed by atoms with Gasteiger partial charge >= 0.3 is 12.1 Å². The minimum Gasteiger partial charge on any atom is -0.465 e. The average Bonchev–Trinajstić information content (AvgIpc) is 2.97. The largest absolute Gasteiger partial charge is 0.465 e. The van der Waals surface area contributed by atoms with E-state index in [1.807, 2.05) is 0 Å². The highest BCUT2D eigenvalue weighted by Crippen LogP contribution is 2.35. The molecule has 0 amide bonds. The van der Waals surface area contributed by atoms with Gasteiger partial charge in [0, 0.05) is 23.3 Å². The molecule has 2 aromatic heterocycles. The number of benzene rings is 1. The summed E-state index contributed by atoms with van der Waals surface area (Å²) in [5, 5.41) is 0.755. The molecule has 2 heterocycles. The fourth-order valence-corrected chi connectivity index (χ4v) is 3.20. The summed E-state index contributed by atoms with van der Waals surface area (Å²) in [5.41, 5.74) is 0.565. The van der Waals surface area contributed by atoms with Gasteiger partial charge in [0.15, 0.2) is 0 Å². The first-order valence-corrected chi connectivity index (χ1v) is 7.35. The second-order valence-electron chi connectivity index (χ2n) is 4.78. The Morgan fingerprint density at radius 3 is 2.48 bits per heavy atom. The van der Waals surface area contributed by atoms with E-state index in [-0.39, 0.29) is 0 Å². The maximum Gasteiger partial charge on any atom is 0.416 e. The van der Waals surface area contributed by atoms with Gasteiger partial charge in [0.25, 0.3) is 0 Å². The predicted molar refractivity (Wildman–Crippen MR) is 81.4 cm³/mol. The van der Waals surface area contributed by atoms with E-state index in [4.69, 9.17) is 4.74 Å². The molecule has 3 aromatic rings. The Morgan fingerprint density at radius 2 is 1.87 bits per heavy atom. The third kappa shape index (κ3) is 2.92. The number of hydrogen-bond donors (Lipinski definition) is 0. The normalized spacial score (nSPS) is 11.7. The van der Waals surface area contributed by atoms with Crippen molar-refractivity contribution in [3.8, 4) is 11.1 Å². The van der Waals surface area contributed by atoms with Gasteiger partial charge in [-0.15, -0.1) is 11.3 Å².